The van der Waals surface area contributed by atoms with Crippen molar-refractivity contribution in [1.82, 2.24) is 10.6 Å². The van der Waals surface area contributed by atoms with Crippen LogP contribution in [0.5, 0.6) is 0 Å². The highest BCUT2D eigenvalue weighted by Crippen LogP contribution is 2.41. The molecule has 2 aromatic rings. The van der Waals surface area contributed by atoms with E-state index in [1.54, 1.807) is 0 Å². The average Bonchev–Trinajstić information content (AvgIpc) is 2.98. The second-order valence-corrected chi connectivity index (χ2v) is 8.81. The molecule has 0 spiro atoms. The van der Waals surface area contributed by atoms with Crippen LogP contribution in [0, 0.1) is 12.3 Å². The van der Waals surface area contributed by atoms with Crippen molar-refractivity contribution in [2.45, 2.75) is 65.1 Å². The fraction of sp³-hybridized carbons (Fsp3) is 0.522. The second kappa shape index (κ2) is 8.50. The number of nitrogens with one attached hydrogen (secondary N) is 2. The first-order valence-electron chi connectivity index (χ1n) is 10.1. The molecule has 0 bridgehead atoms. The fourth-order valence-electron chi connectivity index (χ4n) is 4.18. The Morgan fingerprint density at radius 2 is 2.04 bits per heavy atom. The van der Waals surface area contributed by atoms with Gasteiger partial charge in [0.25, 0.3) is 0 Å². The Labute approximate surface area is 167 Å². The number of fused-ring (bicyclic) bond motifs is 1. The molecule has 1 aliphatic rings. The number of aryl methyl sites for hydroxylation is 1. The molecule has 5 nitrogen and oxygen atoms in total. The van der Waals surface area contributed by atoms with E-state index in [1.807, 2.05) is 37.3 Å². The molecule has 0 saturated heterocycles. The van der Waals surface area contributed by atoms with Gasteiger partial charge in [0.2, 0.25) is 5.91 Å². The minimum atomic E-state index is -0.689. The number of benzene rings is 1. The van der Waals surface area contributed by atoms with Crippen LogP contribution in [0.15, 0.2) is 40.8 Å². The Kier molecular flexibility index (Phi) is 6.26. The number of hydrogen-bond acceptors (Lipinski definition) is 4. The predicted molar refractivity (Wildman–Crippen MR) is 110 cm³/mol. The quantitative estimate of drug-likeness (QED) is 0.685. The summed E-state index contributed by atoms with van der Waals surface area (Å²) in [4.78, 5) is 11.7. The summed E-state index contributed by atoms with van der Waals surface area (Å²) < 4.78 is 5.90. The molecular formula is C23H32N2O3. The molecule has 0 fully saturated rings. The van der Waals surface area contributed by atoms with Gasteiger partial charge in [-0.25, -0.2) is 0 Å². The van der Waals surface area contributed by atoms with Crippen LogP contribution in [-0.4, -0.2) is 29.7 Å². The van der Waals surface area contributed by atoms with Gasteiger partial charge in [0.15, 0.2) is 0 Å². The minimum absolute atomic E-state index is 0.133. The van der Waals surface area contributed by atoms with Gasteiger partial charge in [-0.15, -0.1) is 0 Å². The molecule has 3 atom stereocenters. The van der Waals surface area contributed by atoms with Gasteiger partial charge in [-0.05, 0) is 36.8 Å². The van der Waals surface area contributed by atoms with Crippen molar-refractivity contribution in [2.75, 3.05) is 6.54 Å². The molecule has 3 N–H and O–H groups in total. The topological polar surface area (TPSA) is 74.5 Å². The summed E-state index contributed by atoms with van der Waals surface area (Å²) in [6, 6.07) is 11.8. The van der Waals surface area contributed by atoms with Crippen LogP contribution in [0.4, 0.5) is 0 Å². The van der Waals surface area contributed by atoms with Gasteiger partial charge in [0, 0.05) is 31.5 Å². The monoisotopic (exact) mass is 384 g/mol. The van der Waals surface area contributed by atoms with E-state index in [4.69, 9.17) is 4.42 Å². The number of furan rings is 1. The molecular weight excluding hydrogens is 352 g/mol. The maximum Gasteiger partial charge on any atom is 0.217 e. The Morgan fingerprint density at radius 3 is 2.71 bits per heavy atom. The second-order valence-electron chi connectivity index (χ2n) is 8.81. The Balaban J connectivity index is 1.68. The van der Waals surface area contributed by atoms with Crippen molar-refractivity contribution in [2.24, 2.45) is 5.41 Å². The first-order chi connectivity index (χ1) is 13.2. The maximum atomic E-state index is 11.7. The number of carbonyl (C=O) groups excluding carboxylic acids is 1. The first kappa shape index (κ1) is 20.6. The molecule has 0 radical (unpaired) electrons. The number of amides is 1. The van der Waals surface area contributed by atoms with Crippen LogP contribution < -0.4 is 10.6 Å². The molecule has 0 saturated carbocycles. The third-order valence-electron chi connectivity index (χ3n) is 5.46. The molecule has 0 unspecified atom stereocenters. The van der Waals surface area contributed by atoms with Gasteiger partial charge in [0.05, 0.1) is 12.1 Å². The molecule has 5 heteroatoms. The summed E-state index contributed by atoms with van der Waals surface area (Å²) in [6.07, 6.45) is 1.81. The zero-order valence-electron chi connectivity index (χ0n) is 17.3. The lowest BCUT2D eigenvalue weighted by molar-refractivity contribution is -0.120. The molecule has 152 valence electrons. The summed E-state index contributed by atoms with van der Waals surface area (Å²) in [5, 5.41) is 17.3. The normalized spacial score (nSPS) is 20.2. The van der Waals surface area contributed by atoms with Crippen molar-refractivity contribution in [1.29, 1.82) is 0 Å². The van der Waals surface area contributed by atoms with Crippen molar-refractivity contribution < 1.29 is 14.3 Å². The summed E-state index contributed by atoms with van der Waals surface area (Å²) in [5.41, 5.74) is 2.43. The molecule has 0 aliphatic heterocycles. The van der Waals surface area contributed by atoms with E-state index in [-0.39, 0.29) is 23.4 Å². The summed E-state index contributed by atoms with van der Waals surface area (Å²) in [5.74, 6) is 1.84. The number of rotatable bonds is 7. The molecule has 28 heavy (non-hydrogen) atoms. The van der Waals surface area contributed by atoms with E-state index < -0.39 is 6.10 Å². The van der Waals surface area contributed by atoms with Crippen LogP contribution in [0.1, 0.15) is 55.9 Å². The zero-order chi connectivity index (χ0) is 20.3. The van der Waals surface area contributed by atoms with Gasteiger partial charge in [-0.2, -0.15) is 0 Å². The van der Waals surface area contributed by atoms with Gasteiger partial charge >= 0.3 is 0 Å². The lowest BCUT2D eigenvalue weighted by atomic mass is 9.74. The molecule has 1 aliphatic carbocycles. The SMILES string of the molecule is CC(=O)N[C@@H](Cc1ccccc1)[C@H](O)CN[C@H]1CC(C)(C)Cc2oc(C)cc21. The average molecular weight is 385 g/mol. The van der Waals surface area contributed by atoms with Gasteiger partial charge in [-0.3, -0.25) is 4.79 Å². The van der Waals surface area contributed by atoms with E-state index in [0.29, 0.717) is 13.0 Å². The maximum absolute atomic E-state index is 11.7. The highest BCUT2D eigenvalue weighted by atomic mass is 16.3. The van der Waals surface area contributed by atoms with Crippen molar-refractivity contribution in [3.63, 3.8) is 0 Å². The standard InChI is InChI=1S/C23H32N2O3/c1-15-10-18-20(12-23(3,4)13-22(18)28-15)24-14-21(27)19(25-16(2)26)11-17-8-6-5-7-9-17/h5-10,19-21,24,27H,11-14H2,1-4H3,(H,25,26)/t19-,20-,21+/m0/s1. The fourth-order valence-corrected chi connectivity index (χ4v) is 4.18. The van der Waals surface area contributed by atoms with E-state index in [9.17, 15) is 9.90 Å². The summed E-state index contributed by atoms with van der Waals surface area (Å²) in [7, 11) is 0. The van der Waals surface area contributed by atoms with Gasteiger partial charge < -0.3 is 20.2 Å². The highest BCUT2D eigenvalue weighted by Gasteiger charge is 2.35. The zero-order valence-corrected chi connectivity index (χ0v) is 17.3. The highest BCUT2D eigenvalue weighted by molar-refractivity contribution is 5.73. The largest absolute Gasteiger partial charge is 0.466 e. The molecule has 1 heterocycles. The van der Waals surface area contributed by atoms with E-state index in [0.717, 1.165) is 29.9 Å². The molecule has 3 rings (SSSR count). The molecule has 1 amide bonds. The summed E-state index contributed by atoms with van der Waals surface area (Å²) in [6.45, 7) is 8.36. The van der Waals surface area contributed by atoms with Gasteiger partial charge in [0.1, 0.15) is 11.5 Å². The number of carbonyl (C=O) groups is 1. The summed E-state index contributed by atoms with van der Waals surface area (Å²) >= 11 is 0. The molecule has 1 aromatic carbocycles. The first-order valence-corrected chi connectivity index (χ1v) is 10.1. The van der Waals surface area contributed by atoms with Gasteiger partial charge in [-0.1, -0.05) is 44.2 Å². The Hall–Kier alpha value is -2.11. The number of aliphatic hydroxyl groups excluding tert-OH is 1. The van der Waals surface area contributed by atoms with Crippen molar-refractivity contribution in [3.05, 3.63) is 59.0 Å². The van der Waals surface area contributed by atoms with Crippen LogP contribution in [0.2, 0.25) is 0 Å². The predicted octanol–water partition coefficient (Wildman–Crippen LogP) is 3.30. The van der Waals surface area contributed by atoms with Crippen LogP contribution in [0.3, 0.4) is 0 Å². The van der Waals surface area contributed by atoms with E-state index >= 15 is 0 Å². The minimum Gasteiger partial charge on any atom is -0.466 e. The number of aliphatic hydroxyl groups is 1. The third kappa shape index (κ3) is 5.24. The number of hydrogen-bond donors (Lipinski definition) is 3. The smallest absolute Gasteiger partial charge is 0.217 e. The van der Waals surface area contributed by atoms with Crippen LogP contribution in [0.25, 0.3) is 0 Å². The third-order valence-corrected chi connectivity index (χ3v) is 5.46. The van der Waals surface area contributed by atoms with E-state index in [1.165, 1.54) is 12.5 Å². The van der Waals surface area contributed by atoms with Crippen molar-refractivity contribution >= 4 is 5.91 Å². The Morgan fingerprint density at radius 1 is 1.32 bits per heavy atom. The van der Waals surface area contributed by atoms with E-state index in [2.05, 4.69) is 30.5 Å². The van der Waals surface area contributed by atoms with Crippen LogP contribution in [-0.2, 0) is 17.6 Å². The molecule has 1 aromatic heterocycles. The lowest BCUT2D eigenvalue weighted by Gasteiger charge is -2.35. The van der Waals surface area contributed by atoms with Crippen molar-refractivity contribution in [3.8, 4) is 0 Å². The lowest BCUT2D eigenvalue weighted by Crippen LogP contribution is -2.49. The Bertz CT molecular complexity index is 797. The van der Waals surface area contributed by atoms with Crippen LogP contribution >= 0.6 is 0 Å².